The zero-order chi connectivity index (χ0) is 15.3. The number of anilines is 1. The molecule has 0 bridgehead atoms. The summed E-state index contributed by atoms with van der Waals surface area (Å²) in [5.41, 5.74) is 6.92. The second-order valence-corrected chi connectivity index (χ2v) is 7.23. The van der Waals surface area contributed by atoms with E-state index in [0.29, 0.717) is 22.0 Å². The number of sulfone groups is 1. The standard InChI is InChI=1S/C15H16ClNO3S/c16-13-7-5-12(6-8-13)11-21(18,19)10-9-20-15-4-2-1-3-14(15)17/h1-8H,9-11,17H2. The number of halogens is 1. The SMILES string of the molecule is Nc1ccccc1OCCS(=O)(=O)Cc1ccc(Cl)cc1. The van der Waals surface area contributed by atoms with Gasteiger partial charge in [-0.15, -0.1) is 0 Å². The van der Waals surface area contributed by atoms with Crippen molar-refractivity contribution in [3.63, 3.8) is 0 Å². The molecule has 0 aliphatic carbocycles. The Morgan fingerprint density at radius 2 is 1.71 bits per heavy atom. The Morgan fingerprint density at radius 3 is 2.38 bits per heavy atom. The number of hydrogen-bond donors (Lipinski definition) is 1. The number of nitrogens with two attached hydrogens (primary N) is 1. The van der Waals surface area contributed by atoms with Gasteiger partial charge in [0.05, 0.1) is 17.2 Å². The van der Waals surface area contributed by atoms with Crippen LogP contribution in [0.4, 0.5) is 5.69 Å². The van der Waals surface area contributed by atoms with E-state index in [-0.39, 0.29) is 18.1 Å². The van der Waals surface area contributed by atoms with Gasteiger partial charge in [0.1, 0.15) is 12.4 Å². The average Bonchev–Trinajstić information content (AvgIpc) is 2.43. The Labute approximate surface area is 129 Å². The summed E-state index contributed by atoms with van der Waals surface area (Å²) in [6.45, 7) is 0.0735. The van der Waals surface area contributed by atoms with Crippen LogP contribution in [-0.2, 0) is 15.6 Å². The van der Waals surface area contributed by atoms with Crippen LogP contribution in [0.5, 0.6) is 5.75 Å². The Balaban J connectivity index is 1.90. The molecule has 0 heterocycles. The van der Waals surface area contributed by atoms with Crippen molar-refractivity contribution in [2.45, 2.75) is 5.75 Å². The van der Waals surface area contributed by atoms with Crippen LogP contribution in [0.25, 0.3) is 0 Å². The maximum atomic E-state index is 12.0. The zero-order valence-corrected chi connectivity index (χ0v) is 12.9. The van der Waals surface area contributed by atoms with Crippen LogP contribution in [-0.4, -0.2) is 20.8 Å². The van der Waals surface area contributed by atoms with Crippen LogP contribution in [0.2, 0.25) is 5.02 Å². The molecular formula is C15H16ClNO3S. The van der Waals surface area contributed by atoms with Crippen molar-refractivity contribution in [2.24, 2.45) is 0 Å². The fraction of sp³-hybridized carbons (Fsp3) is 0.200. The minimum absolute atomic E-state index is 0.0300. The summed E-state index contributed by atoms with van der Waals surface area (Å²) < 4.78 is 29.4. The number of benzene rings is 2. The average molecular weight is 326 g/mol. The Bertz CT molecular complexity index is 699. The first-order valence-electron chi connectivity index (χ1n) is 6.38. The third-order valence-electron chi connectivity index (χ3n) is 2.87. The van der Waals surface area contributed by atoms with Crippen molar-refractivity contribution in [3.8, 4) is 5.75 Å². The molecule has 112 valence electrons. The molecule has 0 radical (unpaired) electrons. The van der Waals surface area contributed by atoms with Gasteiger partial charge in [-0.3, -0.25) is 0 Å². The summed E-state index contributed by atoms with van der Waals surface area (Å²) in [7, 11) is -3.24. The lowest BCUT2D eigenvalue weighted by Gasteiger charge is -2.09. The van der Waals surface area contributed by atoms with Gasteiger partial charge in [0.2, 0.25) is 0 Å². The molecule has 21 heavy (non-hydrogen) atoms. The summed E-state index contributed by atoms with van der Waals surface area (Å²) in [6, 6.07) is 13.7. The minimum Gasteiger partial charge on any atom is -0.490 e. The monoisotopic (exact) mass is 325 g/mol. The van der Waals surface area contributed by atoms with Crippen molar-refractivity contribution in [1.29, 1.82) is 0 Å². The quantitative estimate of drug-likeness (QED) is 0.829. The Kier molecular flexibility index (Phi) is 5.09. The molecule has 0 saturated carbocycles. The molecule has 0 atom stereocenters. The van der Waals surface area contributed by atoms with Gasteiger partial charge in [-0.25, -0.2) is 8.42 Å². The Hall–Kier alpha value is -1.72. The van der Waals surface area contributed by atoms with Gasteiger partial charge in [0.15, 0.2) is 9.84 Å². The van der Waals surface area contributed by atoms with E-state index in [0.717, 1.165) is 0 Å². The molecule has 0 aromatic heterocycles. The number of hydrogen-bond acceptors (Lipinski definition) is 4. The van der Waals surface area contributed by atoms with Gasteiger partial charge < -0.3 is 10.5 Å². The van der Waals surface area contributed by atoms with Crippen LogP contribution >= 0.6 is 11.6 Å². The fourth-order valence-corrected chi connectivity index (χ4v) is 3.11. The first kappa shape index (κ1) is 15.7. The van der Waals surface area contributed by atoms with Crippen molar-refractivity contribution in [3.05, 3.63) is 59.1 Å². The van der Waals surface area contributed by atoms with Crippen LogP contribution < -0.4 is 10.5 Å². The lowest BCUT2D eigenvalue weighted by atomic mass is 10.2. The van der Waals surface area contributed by atoms with E-state index in [1.54, 1.807) is 48.5 Å². The molecule has 6 heteroatoms. The molecule has 2 N–H and O–H groups in total. The molecule has 2 aromatic rings. The highest BCUT2D eigenvalue weighted by Gasteiger charge is 2.12. The predicted molar refractivity (Wildman–Crippen MR) is 85.3 cm³/mol. The van der Waals surface area contributed by atoms with E-state index in [1.165, 1.54) is 0 Å². The summed E-state index contributed by atoms with van der Waals surface area (Å²) in [4.78, 5) is 0. The van der Waals surface area contributed by atoms with E-state index in [4.69, 9.17) is 22.1 Å². The number of para-hydroxylation sites is 2. The lowest BCUT2D eigenvalue weighted by molar-refractivity contribution is 0.342. The first-order valence-corrected chi connectivity index (χ1v) is 8.58. The minimum atomic E-state index is -3.24. The highest BCUT2D eigenvalue weighted by Crippen LogP contribution is 2.19. The van der Waals surface area contributed by atoms with Crippen LogP contribution in [0.15, 0.2) is 48.5 Å². The smallest absolute Gasteiger partial charge is 0.157 e. The van der Waals surface area contributed by atoms with Gasteiger partial charge in [0.25, 0.3) is 0 Å². The molecule has 2 rings (SSSR count). The van der Waals surface area contributed by atoms with E-state index >= 15 is 0 Å². The van der Waals surface area contributed by atoms with Gasteiger partial charge in [0, 0.05) is 5.02 Å². The van der Waals surface area contributed by atoms with E-state index in [1.807, 2.05) is 0 Å². The van der Waals surface area contributed by atoms with E-state index < -0.39 is 9.84 Å². The van der Waals surface area contributed by atoms with Crippen LogP contribution in [0, 0.1) is 0 Å². The highest BCUT2D eigenvalue weighted by molar-refractivity contribution is 7.90. The molecule has 0 amide bonds. The largest absolute Gasteiger partial charge is 0.490 e. The third kappa shape index (κ3) is 4.95. The second-order valence-electron chi connectivity index (χ2n) is 4.60. The normalized spacial score (nSPS) is 11.3. The fourth-order valence-electron chi connectivity index (χ4n) is 1.80. The molecule has 0 spiro atoms. The van der Waals surface area contributed by atoms with Gasteiger partial charge in [-0.1, -0.05) is 35.9 Å². The maximum Gasteiger partial charge on any atom is 0.157 e. The predicted octanol–water partition coefficient (Wildman–Crippen LogP) is 2.92. The van der Waals surface area contributed by atoms with Crippen LogP contribution in [0.3, 0.4) is 0 Å². The molecule has 0 aliphatic heterocycles. The lowest BCUT2D eigenvalue weighted by Crippen LogP contribution is -2.16. The van der Waals surface area contributed by atoms with Crippen molar-refractivity contribution in [1.82, 2.24) is 0 Å². The molecule has 0 unspecified atom stereocenters. The van der Waals surface area contributed by atoms with Crippen molar-refractivity contribution in [2.75, 3.05) is 18.1 Å². The molecular weight excluding hydrogens is 310 g/mol. The maximum absolute atomic E-state index is 12.0. The second kappa shape index (κ2) is 6.83. The number of ether oxygens (including phenoxy) is 1. The molecule has 0 fully saturated rings. The molecule has 0 saturated heterocycles. The molecule has 2 aromatic carbocycles. The van der Waals surface area contributed by atoms with Crippen molar-refractivity contribution < 1.29 is 13.2 Å². The van der Waals surface area contributed by atoms with Crippen molar-refractivity contribution >= 4 is 27.1 Å². The van der Waals surface area contributed by atoms with Crippen LogP contribution in [0.1, 0.15) is 5.56 Å². The van der Waals surface area contributed by atoms with E-state index in [2.05, 4.69) is 0 Å². The van der Waals surface area contributed by atoms with E-state index in [9.17, 15) is 8.42 Å². The number of rotatable bonds is 6. The topological polar surface area (TPSA) is 69.4 Å². The summed E-state index contributed by atoms with van der Waals surface area (Å²) in [5.74, 6) is 0.404. The zero-order valence-electron chi connectivity index (χ0n) is 11.3. The summed E-state index contributed by atoms with van der Waals surface area (Å²) >= 11 is 5.77. The highest BCUT2D eigenvalue weighted by atomic mass is 35.5. The first-order chi connectivity index (χ1) is 9.96. The van der Waals surface area contributed by atoms with Gasteiger partial charge >= 0.3 is 0 Å². The summed E-state index contributed by atoms with van der Waals surface area (Å²) in [6.07, 6.45) is 0. The third-order valence-corrected chi connectivity index (χ3v) is 4.68. The number of nitrogen functional groups attached to an aromatic ring is 1. The Morgan fingerprint density at radius 1 is 1.05 bits per heavy atom. The van der Waals surface area contributed by atoms with Gasteiger partial charge in [-0.2, -0.15) is 0 Å². The van der Waals surface area contributed by atoms with Gasteiger partial charge in [-0.05, 0) is 29.8 Å². The molecule has 4 nitrogen and oxygen atoms in total. The summed E-state index contributed by atoms with van der Waals surface area (Å²) in [5, 5.41) is 0.582. The molecule has 0 aliphatic rings.